The van der Waals surface area contributed by atoms with E-state index in [4.69, 9.17) is 19.1 Å². The average Bonchev–Trinajstić information content (AvgIpc) is 3.50. The molecule has 2 heterocycles. The van der Waals surface area contributed by atoms with E-state index in [1.165, 1.54) is 0 Å². The van der Waals surface area contributed by atoms with Gasteiger partial charge in [-0.15, -0.1) is 0 Å². The molecule has 1 N–H and O–H groups in total. The highest BCUT2D eigenvalue weighted by atomic mass is 32.1. The van der Waals surface area contributed by atoms with E-state index in [0.29, 0.717) is 22.2 Å². The Morgan fingerprint density at radius 3 is 2.63 bits per heavy atom. The summed E-state index contributed by atoms with van der Waals surface area (Å²) in [5, 5.41) is 13.4. The number of carboxylic acid groups (broad SMARTS) is 1. The molecule has 2 aromatic carbocycles. The second kappa shape index (κ2) is 9.75. The van der Waals surface area contributed by atoms with Crippen LogP contribution in [0.2, 0.25) is 0 Å². The molecular weight excluding hydrogens is 528 g/mol. The van der Waals surface area contributed by atoms with Gasteiger partial charge in [0.1, 0.15) is 34.6 Å². The highest BCUT2D eigenvalue weighted by molar-refractivity contribution is 7.17. The first kappa shape index (κ1) is 25.7. The number of aryl methyl sites for hydroxylation is 2. The monoisotopic (exact) mass is 548 g/mol. The van der Waals surface area contributed by atoms with Crippen molar-refractivity contribution in [3.63, 3.8) is 0 Å². The van der Waals surface area contributed by atoms with Gasteiger partial charge in [0.05, 0.1) is 22.4 Å². The molecule has 0 saturated heterocycles. The summed E-state index contributed by atoms with van der Waals surface area (Å²) in [5.74, 6) is -0.244. The lowest BCUT2D eigenvalue weighted by atomic mass is 9.99. The van der Waals surface area contributed by atoms with Crippen molar-refractivity contribution in [2.45, 2.75) is 45.4 Å². The molecule has 5 rings (SSSR count). The van der Waals surface area contributed by atoms with Gasteiger partial charge in [0, 0.05) is 11.5 Å². The quantitative estimate of drug-likeness (QED) is 0.186. The lowest BCUT2D eigenvalue weighted by molar-refractivity contribution is -0.137. The fourth-order valence-corrected chi connectivity index (χ4v) is 5.12. The van der Waals surface area contributed by atoms with Crippen molar-refractivity contribution >= 4 is 17.5 Å². The second-order valence-corrected chi connectivity index (χ2v) is 9.80. The van der Waals surface area contributed by atoms with Crippen LogP contribution in [-0.2, 0) is 12.8 Å². The number of rotatable bonds is 7. The van der Waals surface area contributed by atoms with Crippen LogP contribution in [0.25, 0.3) is 21.8 Å². The van der Waals surface area contributed by atoms with E-state index in [0.717, 1.165) is 53.5 Å². The summed E-state index contributed by atoms with van der Waals surface area (Å²) < 4.78 is 71.9. The van der Waals surface area contributed by atoms with Crippen LogP contribution in [0.1, 0.15) is 46.9 Å². The Morgan fingerprint density at radius 1 is 1.21 bits per heavy atom. The summed E-state index contributed by atoms with van der Waals surface area (Å²) >= 11 is 1.09. The first-order chi connectivity index (χ1) is 18.0. The molecule has 0 radical (unpaired) electrons. The van der Waals surface area contributed by atoms with Gasteiger partial charge in [0.15, 0.2) is 0 Å². The molecule has 0 spiro atoms. The third-order valence-electron chi connectivity index (χ3n) is 6.07. The van der Waals surface area contributed by atoms with Crippen LogP contribution in [0.5, 0.6) is 10.8 Å². The normalized spacial score (nSPS) is 13.5. The molecule has 0 unspecified atom stereocenters. The minimum absolute atomic E-state index is 0.00423. The first-order valence-corrected chi connectivity index (χ1v) is 12.3. The Bertz CT molecular complexity index is 1520. The fraction of sp³-hybridized carbons (Fsp3) is 0.269. The molecule has 1 aliphatic carbocycles. The standard InChI is InChI=1S/C26H20F4N2O5S/c1-12-10-15(8-9-16(12)23-31-13(2)24(38-23)36-25(33)34)35-11-17-21(32-37-22(17)14-6-7-14)20-18(26(28,29)30)4-3-5-19(20)27/h3-5,8-10,14H,6-7,11H2,1-2H3,(H,33,34). The van der Waals surface area contributed by atoms with Gasteiger partial charge in [-0.05, 0) is 62.6 Å². The van der Waals surface area contributed by atoms with E-state index in [1.807, 2.05) is 6.92 Å². The first-order valence-electron chi connectivity index (χ1n) is 11.5. The molecule has 1 saturated carbocycles. The Morgan fingerprint density at radius 2 is 1.97 bits per heavy atom. The van der Waals surface area contributed by atoms with E-state index in [9.17, 15) is 22.4 Å². The third-order valence-corrected chi connectivity index (χ3v) is 7.14. The summed E-state index contributed by atoms with van der Waals surface area (Å²) in [6, 6.07) is 7.89. The van der Waals surface area contributed by atoms with Gasteiger partial charge in [-0.25, -0.2) is 14.2 Å². The Hall–Kier alpha value is -3.93. The van der Waals surface area contributed by atoms with Crippen molar-refractivity contribution in [2.24, 2.45) is 0 Å². The maximum absolute atomic E-state index is 14.7. The molecule has 2 aromatic heterocycles. The van der Waals surface area contributed by atoms with Crippen LogP contribution in [0.3, 0.4) is 0 Å². The van der Waals surface area contributed by atoms with Gasteiger partial charge in [-0.1, -0.05) is 22.6 Å². The topological polar surface area (TPSA) is 94.7 Å². The van der Waals surface area contributed by atoms with Crippen LogP contribution in [0.15, 0.2) is 40.9 Å². The molecular formula is C26H20F4N2O5S. The summed E-state index contributed by atoms with van der Waals surface area (Å²) in [6.45, 7) is 3.27. The predicted octanol–water partition coefficient (Wildman–Crippen LogP) is 7.75. The molecule has 4 aromatic rings. The van der Waals surface area contributed by atoms with Crippen molar-refractivity contribution in [3.8, 4) is 32.6 Å². The lowest BCUT2D eigenvalue weighted by Crippen LogP contribution is -2.10. The van der Waals surface area contributed by atoms with Gasteiger partial charge in [-0.3, -0.25) is 0 Å². The summed E-state index contributed by atoms with van der Waals surface area (Å²) in [4.78, 5) is 15.2. The minimum Gasteiger partial charge on any atom is -0.489 e. The zero-order chi connectivity index (χ0) is 27.2. The molecule has 198 valence electrons. The molecule has 1 fully saturated rings. The maximum Gasteiger partial charge on any atom is 0.512 e. The van der Waals surface area contributed by atoms with Crippen LogP contribution in [0, 0.1) is 19.7 Å². The van der Waals surface area contributed by atoms with Crippen molar-refractivity contribution in [1.82, 2.24) is 10.1 Å². The van der Waals surface area contributed by atoms with Crippen LogP contribution >= 0.6 is 11.3 Å². The van der Waals surface area contributed by atoms with Crippen LogP contribution < -0.4 is 9.47 Å². The molecule has 1 aliphatic rings. The van der Waals surface area contributed by atoms with E-state index < -0.39 is 29.3 Å². The Labute approximate surface area is 217 Å². The number of ether oxygens (including phenoxy) is 2. The highest BCUT2D eigenvalue weighted by Gasteiger charge is 2.39. The van der Waals surface area contributed by atoms with E-state index in [-0.39, 0.29) is 28.8 Å². The van der Waals surface area contributed by atoms with Crippen LogP contribution in [0.4, 0.5) is 22.4 Å². The van der Waals surface area contributed by atoms with Crippen molar-refractivity contribution in [1.29, 1.82) is 0 Å². The molecule has 7 nitrogen and oxygen atoms in total. The van der Waals surface area contributed by atoms with Crippen molar-refractivity contribution < 1.29 is 41.5 Å². The number of carbonyl (C=O) groups is 1. The zero-order valence-corrected chi connectivity index (χ0v) is 20.9. The Balaban J connectivity index is 1.44. The molecule has 38 heavy (non-hydrogen) atoms. The number of thiazole rings is 1. The smallest absolute Gasteiger partial charge is 0.489 e. The molecule has 0 bridgehead atoms. The second-order valence-electron chi connectivity index (χ2n) is 8.83. The summed E-state index contributed by atoms with van der Waals surface area (Å²) in [5.41, 5.74) is 0.173. The SMILES string of the molecule is Cc1cc(OCc2c(-c3c(F)cccc3C(F)(F)F)noc2C2CC2)ccc1-c1nc(C)c(OC(=O)O)s1. The summed E-state index contributed by atoms with van der Waals surface area (Å²) in [7, 11) is 0. The molecule has 12 heteroatoms. The maximum atomic E-state index is 14.7. The average molecular weight is 549 g/mol. The fourth-order valence-electron chi connectivity index (χ4n) is 4.12. The summed E-state index contributed by atoms with van der Waals surface area (Å²) in [6.07, 6.45) is -4.63. The number of alkyl halides is 3. The molecule has 0 aliphatic heterocycles. The Kier molecular flexibility index (Phi) is 6.59. The van der Waals surface area contributed by atoms with Crippen molar-refractivity contribution in [3.05, 3.63) is 70.4 Å². The number of aromatic nitrogens is 2. The van der Waals surface area contributed by atoms with Gasteiger partial charge >= 0.3 is 12.3 Å². The minimum atomic E-state index is -4.79. The van der Waals surface area contributed by atoms with Crippen molar-refractivity contribution in [2.75, 3.05) is 0 Å². The van der Waals surface area contributed by atoms with Gasteiger partial charge in [0.2, 0.25) is 5.06 Å². The van der Waals surface area contributed by atoms with Crippen LogP contribution in [-0.4, -0.2) is 21.4 Å². The van der Waals surface area contributed by atoms with E-state index in [2.05, 4.69) is 10.1 Å². The zero-order valence-electron chi connectivity index (χ0n) is 20.1. The highest BCUT2D eigenvalue weighted by Crippen LogP contribution is 2.46. The number of hydrogen-bond donors (Lipinski definition) is 1. The molecule has 0 atom stereocenters. The number of hydrogen-bond acceptors (Lipinski definition) is 7. The van der Waals surface area contributed by atoms with Gasteiger partial charge < -0.3 is 19.1 Å². The lowest BCUT2D eigenvalue weighted by Gasteiger charge is -2.14. The largest absolute Gasteiger partial charge is 0.512 e. The van der Waals surface area contributed by atoms with E-state index >= 15 is 0 Å². The number of nitrogens with zero attached hydrogens (tertiary/aromatic N) is 2. The van der Waals surface area contributed by atoms with Gasteiger partial charge in [0.25, 0.3) is 0 Å². The molecule has 0 amide bonds. The predicted molar refractivity (Wildman–Crippen MR) is 129 cm³/mol. The third kappa shape index (κ3) is 5.08. The number of halogens is 4. The number of benzene rings is 2. The van der Waals surface area contributed by atoms with Gasteiger partial charge in [-0.2, -0.15) is 13.2 Å². The van der Waals surface area contributed by atoms with E-state index in [1.54, 1.807) is 25.1 Å².